The zero-order valence-corrected chi connectivity index (χ0v) is 11.6. The van der Waals surface area contributed by atoms with Crippen LogP contribution in [0.1, 0.15) is 38.2 Å². The molecule has 106 valence electrons. The molecule has 5 heteroatoms. The molecule has 1 N–H and O–H groups in total. The number of non-ortho nitro benzene ring substituents is 1. The fourth-order valence-electron chi connectivity index (χ4n) is 1.92. The normalized spacial score (nSPS) is 10.4. The highest BCUT2D eigenvalue weighted by Gasteiger charge is 2.10. The Hall–Kier alpha value is -1.62. The van der Waals surface area contributed by atoms with Gasteiger partial charge in [-0.1, -0.05) is 26.2 Å². The second kappa shape index (κ2) is 8.48. The minimum atomic E-state index is -0.385. The fraction of sp³-hybridized carbons (Fsp3) is 0.571. The van der Waals surface area contributed by atoms with Crippen LogP contribution in [0, 0.1) is 10.1 Å². The monoisotopic (exact) mass is 266 g/mol. The third-order valence-electron chi connectivity index (χ3n) is 3.00. The summed E-state index contributed by atoms with van der Waals surface area (Å²) >= 11 is 0. The topological polar surface area (TPSA) is 64.4 Å². The molecule has 0 aromatic heterocycles. The van der Waals surface area contributed by atoms with E-state index in [1.54, 1.807) is 19.2 Å². The third-order valence-corrected chi connectivity index (χ3v) is 3.00. The summed E-state index contributed by atoms with van der Waals surface area (Å²) in [6, 6.07) is 4.67. The molecule has 5 nitrogen and oxygen atoms in total. The van der Waals surface area contributed by atoms with E-state index in [9.17, 15) is 10.1 Å². The maximum Gasteiger partial charge on any atom is 0.270 e. The Morgan fingerprint density at radius 3 is 2.74 bits per heavy atom. The van der Waals surface area contributed by atoms with E-state index in [1.165, 1.54) is 25.3 Å². The third kappa shape index (κ3) is 5.26. The van der Waals surface area contributed by atoms with Crippen LogP contribution in [-0.2, 0) is 6.54 Å². The predicted molar refractivity (Wildman–Crippen MR) is 75.5 cm³/mol. The number of ether oxygens (including phenoxy) is 1. The molecule has 0 bridgehead atoms. The van der Waals surface area contributed by atoms with Crippen molar-refractivity contribution in [2.24, 2.45) is 0 Å². The lowest BCUT2D eigenvalue weighted by atomic mass is 10.1. The Kier molecular flexibility index (Phi) is 6.89. The van der Waals surface area contributed by atoms with Crippen LogP contribution in [0.5, 0.6) is 5.75 Å². The van der Waals surface area contributed by atoms with Crippen molar-refractivity contribution in [1.29, 1.82) is 0 Å². The molecule has 1 rings (SSSR count). The molecule has 0 spiro atoms. The largest absolute Gasteiger partial charge is 0.496 e. The minimum absolute atomic E-state index is 0.101. The van der Waals surface area contributed by atoms with Crippen LogP contribution in [-0.4, -0.2) is 18.6 Å². The summed E-state index contributed by atoms with van der Waals surface area (Å²) in [5.74, 6) is 0.687. The van der Waals surface area contributed by atoms with Crippen LogP contribution in [0.25, 0.3) is 0 Å². The van der Waals surface area contributed by atoms with Gasteiger partial charge in [-0.2, -0.15) is 0 Å². The van der Waals surface area contributed by atoms with Crippen LogP contribution in [0.3, 0.4) is 0 Å². The molecule has 0 fully saturated rings. The SMILES string of the molecule is CCCCCCNCc1cc([N+](=O)[O-])ccc1OC. The summed E-state index contributed by atoms with van der Waals surface area (Å²) < 4.78 is 5.21. The summed E-state index contributed by atoms with van der Waals surface area (Å²) in [4.78, 5) is 10.4. The van der Waals surface area contributed by atoms with Gasteiger partial charge in [0.15, 0.2) is 0 Å². The van der Waals surface area contributed by atoms with Gasteiger partial charge in [0.05, 0.1) is 12.0 Å². The lowest BCUT2D eigenvalue weighted by molar-refractivity contribution is -0.384. The predicted octanol–water partition coefficient (Wildman–Crippen LogP) is 3.27. The molecule has 0 aliphatic heterocycles. The molecule has 0 aliphatic carbocycles. The summed E-state index contributed by atoms with van der Waals surface area (Å²) in [7, 11) is 1.58. The van der Waals surface area contributed by atoms with Crippen molar-refractivity contribution in [3.05, 3.63) is 33.9 Å². The van der Waals surface area contributed by atoms with Gasteiger partial charge in [-0.05, 0) is 19.0 Å². The molecule has 1 aromatic rings. The van der Waals surface area contributed by atoms with Crippen LogP contribution in [0.15, 0.2) is 18.2 Å². The maximum atomic E-state index is 10.7. The van der Waals surface area contributed by atoms with E-state index in [1.807, 2.05) is 0 Å². The highest BCUT2D eigenvalue weighted by atomic mass is 16.6. The van der Waals surface area contributed by atoms with E-state index in [0.29, 0.717) is 12.3 Å². The molecule has 0 radical (unpaired) electrons. The average Bonchev–Trinajstić information content (AvgIpc) is 2.42. The molecule has 0 aliphatic rings. The Labute approximate surface area is 114 Å². The first-order valence-corrected chi connectivity index (χ1v) is 6.71. The van der Waals surface area contributed by atoms with E-state index >= 15 is 0 Å². The standard InChI is InChI=1S/C14H22N2O3/c1-3-4-5-6-9-15-11-12-10-13(16(17)18)7-8-14(12)19-2/h7-8,10,15H,3-6,9,11H2,1-2H3. The lowest BCUT2D eigenvalue weighted by Gasteiger charge is -2.09. The van der Waals surface area contributed by atoms with Gasteiger partial charge in [-0.3, -0.25) is 10.1 Å². The van der Waals surface area contributed by atoms with Crippen LogP contribution < -0.4 is 10.1 Å². The van der Waals surface area contributed by atoms with Crippen LogP contribution >= 0.6 is 0 Å². The summed E-state index contributed by atoms with van der Waals surface area (Å²) in [5, 5.41) is 14.0. The highest BCUT2D eigenvalue weighted by molar-refractivity contribution is 5.43. The van der Waals surface area contributed by atoms with Crippen LogP contribution in [0.4, 0.5) is 5.69 Å². The summed E-state index contributed by atoms with van der Waals surface area (Å²) in [5.41, 5.74) is 0.927. The molecule has 0 saturated heterocycles. The van der Waals surface area contributed by atoms with Gasteiger partial charge >= 0.3 is 0 Å². The molecule has 1 aromatic carbocycles. The summed E-state index contributed by atoms with van der Waals surface area (Å²) in [6.07, 6.45) is 4.82. The van der Waals surface area contributed by atoms with Gasteiger partial charge in [-0.15, -0.1) is 0 Å². The quantitative estimate of drug-likeness (QED) is 0.423. The van der Waals surface area contributed by atoms with Crippen molar-refractivity contribution < 1.29 is 9.66 Å². The maximum absolute atomic E-state index is 10.7. The van der Waals surface area contributed by atoms with E-state index in [-0.39, 0.29) is 10.6 Å². The smallest absolute Gasteiger partial charge is 0.270 e. The van der Waals surface area contributed by atoms with Crippen molar-refractivity contribution in [3.63, 3.8) is 0 Å². The molecule has 0 saturated carbocycles. The van der Waals surface area contributed by atoms with Gasteiger partial charge in [0.2, 0.25) is 0 Å². The number of nitro benzene ring substituents is 1. The number of nitrogens with one attached hydrogen (secondary N) is 1. The number of benzene rings is 1. The second-order valence-electron chi connectivity index (χ2n) is 4.49. The Bertz CT molecular complexity index is 408. The first kappa shape index (κ1) is 15.4. The number of rotatable bonds is 9. The number of methoxy groups -OCH3 is 1. The molecule has 0 unspecified atom stereocenters. The van der Waals surface area contributed by atoms with E-state index in [0.717, 1.165) is 18.5 Å². The number of nitrogens with zero attached hydrogens (tertiary/aromatic N) is 1. The number of hydrogen-bond acceptors (Lipinski definition) is 4. The first-order chi connectivity index (χ1) is 9.19. The zero-order chi connectivity index (χ0) is 14.1. The van der Waals surface area contributed by atoms with Crippen molar-refractivity contribution in [2.45, 2.75) is 39.2 Å². The average molecular weight is 266 g/mol. The van der Waals surface area contributed by atoms with Gasteiger partial charge < -0.3 is 10.1 Å². The van der Waals surface area contributed by atoms with E-state index in [4.69, 9.17) is 4.74 Å². The van der Waals surface area contributed by atoms with Crippen molar-refractivity contribution in [1.82, 2.24) is 5.32 Å². The van der Waals surface area contributed by atoms with E-state index < -0.39 is 0 Å². The van der Waals surface area contributed by atoms with Gasteiger partial charge in [0.25, 0.3) is 5.69 Å². The number of unbranched alkanes of at least 4 members (excludes halogenated alkanes) is 3. The molecule has 0 heterocycles. The zero-order valence-electron chi connectivity index (χ0n) is 11.6. The van der Waals surface area contributed by atoms with Crippen LogP contribution in [0.2, 0.25) is 0 Å². The van der Waals surface area contributed by atoms with Crippen molar-refractivity contribution >= 4 is 5.69 Å². The molecular formula is C14H22N2O3. The van der Waals surface area contributed by atoms with Crippen molar-refractivity contribution in [3.8, 4) is 5.75 Å². The molecule has 0 amide bonds. The highest BCUT2D eigenvalue weighted by Crippen LogP contribution is 2.23. The summed E-state index contributed by atoms with van der Waals surface area (Å²) in [6.45, 7) is 3.70. The minimum Gasteiger partial charge on any atom is -0.496 e. The van der Waals surface area contributed by atoms with Gasteiger partial charge in [0.1, 0.15) is 5.75 Å². The molecule has 19 heavy (non-hydrogen) atoms. The number of nitro groups is 1. The lowest BCUT2D eigenvalue weighted by Crippen LogP contribution is -2.15. The first-order valence-electron chi connectivity index (χ1n) is 6.71. The Morgan fingerprint density at radius 1 is 1.32 bits per heavy atom. The number of hydrogen-bond donors (Lipinski definition) is 1. The van der Waals surface area contributed by atoms with Gasteiger partial charge in [0, 0.05) is 24.2 Å². The van der Waals surface area contributed by atoms with E-state index in [2.05, 4.69) is 12.2 Å². The van der Waals surface area contributed by atoms with Gasteiger partial charge in [-0.25, -0.2) is 0 Å². The van der Waals surface area contributed by atoms with Crippen molar-refractivity contribution in [2.75, 3.05) is 13.7 Å². The Morgan fingerprint density at radius 2 is 2.11 bits per heavy atom. The fourth-order valence-corrected chi connectivity index (χ4v) is 1.92. The molecular weight excluding hydrogens is 244 g/mol. The second-order valence-corrected chi connectivity index (χ2v) is 4.49. The molecule has 0 atom stereocenters. The Balaban J connectivity index is 2.50.